The van der Waals surface area contributed by atoms with Crippen LogP contribution in [0, 0.1) is 11.7 Å². The Bertz CT molecular complexity index is 1520. The van der Waals surface area contributed by atoms with Gasteiger partial charge < -0.3 is 19.5 Å². The van der Waals surface area contributed by atoms with Crippen LogP contribution in [0.4, 0.5) is 10.1 Å². The maximum atomic E-state index is 13.7. The first-order valence-electron chi connectivity index (χ1n) is 11.6. The van der Waals surface area contributed by atoms with E-state index in [4.69, 9.17) is 4.74 Å². The first-order chi connectivity index (χ1) is 17.1. The molecular formula is C26H26FN3O5S. The van der Waals surface area contributed by atoms with Crippen molar-refractivity contribution in [3.8, 4) is 0 Å². The molecule has 3 aliphatic rings. The number of halogens is 1. The highest BCUT2D eigenvalue weighted by Gasteiger charge is 2.46. The lowest BCUT2D eigenvalue weighted by molar-refractivity contribution is -0.148. The zero-order valence-electron chi connectivity index (χ0n) is 20.1. The predicted octanol–water partition coefficient (Wildman–Crippen LogP) is 2.23. The van der Waals surface area contributed by atoms with Crippen LogP contribution in [0.2, 0.25) is 0 Å². The van der Waals surface area contributed by atoms with E-state index in [1.807, 2.05) is 11.1 Å². The van der Waals surface area contributed by atoms with E-state index in [0.29, 0.717) is 39.2 Å². The monoisotopic (exact) mass is 511 g/mol. The minimum atomic E-state index is -3.43. The summed E-state index contributed by atoms with van der Waals surface area (Å²) in [6, 6.07) is 7.13. The Labute approximate surface area is 208 Å². The summed E-state index contributed by atoms with van der Waals surface area (Å²) in [7, 11) is -1.80. The molecule has 1 aromatic carbocycles. The molecule has 5 rings (SSSR count). The minimum Gasteiger partial charge on any atom is -0.466 e. The molecule has 2 aliphatic heterocycles. The number of hydrogen-bond acceptors (Lipinski definition) is 7. The number of ether oxygens (including phenoxy) is 1. The number of anilines is 1. The van der Waals surface area contributed by atoms with Crippen molar-refractivity contribution in [3.63, 3.8) is 0 Å². The van der Waals surface area contributed by atoms with Gasteiger partial charge in [-0.05, 0) is 60.0 Å². The number of sulfone groups is 1. The van der Waals surface area contributed by atoms with Crippen LogP contribution < -0.4 is 15.8 Å². The highest BCUT2D eigenvalue weighted by atomic mass is 32.2. The van der Waals surface area contributed by atoms with Crippen LogP contribution in [0.1, 0.15) is 18.1 Å². The van der Waals surface area contributed by atoms with E-state index in [1.54, 1.807) is 44.4 Å². The molecule has 1 aliphatic carbocycles. The highest BCUT2D eigenvalue weighted by molar-refractivity contribution is 7.91. The van der Waals surface area contributed by atoms with Crippen molar-refractivity contribution in [2.75, 3.05) is 30.1 Å². The summed E-state index contributed by atoms with van der Waals surface area (Å²) in [5, 5.41) is 3.30. The third kappa shape index (κ3) is 4.05. The molecule has 36 heavy (non-hydrogen) atoms. The number of esters is 1. The smallest absolute Gasteiger partial charge is 0.313 e. The van der Waals surface area contributed by atoms with Crippen LogP contribution in [-0.4, -0.2) is 50.2 Å². The van der Waals surface area contributed by atoms with E-state index in [-0.39, 0.29) is 30.3 Å². The fourth-order valence-corrected chi connectivity index (χ4v) is 5.97. The summed E-state index contributed by atoms with van der Waals surface area (Å²) in [5.41, 5.74) is 3.71. The Morgan fingerprint density at radius 3 is 2.61 bits per heavy atom. The van der Waals surface area contributed by atoms with Crippen molar-refractivity contribution in [1.82, 2.24) is 9.88 Å². The number of hydrogen-bond donors (Lipinski definition) is 1. The summed E-state index contributed by atoms with van der Waals surface area (Å²) in [5.74, 6) is -1.66. The van der Waals surface area contributed by atoms with Crippen molar-refractivity contribution >= 4 is 32.8 Å². The topological polar surface area (TPSA) is 97.7 Å². The Morgan fingerprint density at radius 1 is 1.22 bits per heavy atom. The number of fused-ring (bicyclic) bond motifs is 2. The average Bonchev–Trinajstić information content (AvgIpc) is 3.13. The molecule has 10 heteroatoms. The maximum absolute atomic E-state index is 13.7. The molecule has 8 nitrogen and oxygen atoms in total. The number of nitrogens with zero attached hydrogens (tertiary/aromatic N) is 2. The molecule has 0 saturated carbocycles. The predicted molar refractivity (Wildman–Crippen MR) is 135 cm³/mol. The Morgan fingerprint density at radius 2 is 1.94 bits per heavy atom. The van der Waals surface area contributed by atoms with E-state index in [2.05, 4.69) is 5.32 Å². The molecule has 0 spiro atoms. The summed E-state index contributed by atoms with van der Waals surface area (Å²) in [4.78, 5) is 28.3. The number of carbonyl (C=O) groups excluding carboxylic acids is 1. The van der Waals surface area contributed by atoms with E-state index in [1.165, 1.54) is 16.7 Å². The lowest BCUT2D eigenvalue weighted by Gasteiger charge is -2.37. The number of benzene rings is 1. The van der Waals surface area contributed by atoms with Gasteiger partial charge >= 0.3 is 5.97 Å². The normalized spacial score (nSPS) is 20.6. The van der Waals surface area contributed by atoms with E-state index in [0.717, 1.165) is 6.26 Å². The fraction of sp³-hybridized carbons (Fsp3) is 0.308. The van der Waals surface area contributed by atoms with Crippen LogP contribution in [-0.2, 0) is 26.4 Å². The molecule has 2 aromatic rings. The number of nitrogens with one attached hydrogen (secondary N) is 1. The Kier molecular flexibility index (Phi) is 5.86. The molecular weight excluding hydrogens is 485 g/mol. The van der Waals surface area contributed by atoms with Gasteiger partial charge in [-0.15, -0.1) is 0 Å². The Hall–Kier alpha value is -3.66. The first-order valence-corrected chi connectivity index (χ1v) is 13.6. The minimum absolute atomic E-state index is 0.208. The zero-order valence-corrected chi connectivity index (χ0v) is 20.9. The van der Waals surface area contributed by atoms with Crippen LogP contribution >= 0.6 is 0 Å². The number of aromatic nitrogens is 1. The number of carbonyl (C=O) groups is 1. The van der Waals surface area contributed by atoms with Gasteiger partial charge in [0.2, 0.25) is 0 Å². The second-order valence-electron chi connectivity index (χ2n) is 9.20. The quantitative estimate of drug-likeness (QED) is 0.615. The van der Waals surface area contributed by atoms with Gasteiger partial charge in [0.1, 0.15) is 5.82 Å². The molecule has 0 fully saturated rings. The van der Waals surface area contributed by atoms with E-state index < -0.39 is 27.8 Å². The first kappa shape index (κ1) is 24.1. The molecule has 1 N–H and O–H groups in total. The number of rotatable bonds is 5. The largest absolute Gasteiger partial charge is 0.466 e. The van der Waals surface area contributed by atoms with Crippen LogP contribution in [0.25, 0.3) is 11.3 Å². The van der Waals surface area contributed by atoms with E-state index in [9.17, 15) is 22.4 Å². The van der Waals surface area contributed by atoms with Crippen molar-refractivity contribution < 1.29 is 22.3 Å². The molecule has 1 unspecified atom stereocenters. The van der Waals surface area contributed by atoms with Crippen molar-refractivity contribution in [2.45, 2.75) is 13.0 Å². The van der Waals surface area contributed by atoms with Crippen molar-refractivity contribution in [2.24, 2.45) is 13.0 Å². The summed E-state index contributed by atoms with van der Waals surface area (Å²) in [6.07, 6.45) is 6.36. The summed E-state index contributed by atoms with van der Waals surface area (Å²) in [6.45, 7) is 2.16. The zero-order chi connectivity index (χ0) is 25.8. The molecule has 1 aromatic heterocycles. The van der Waals surface area contributed by atoms with Crippen LogP contribution in [0.5, 0.6) is 0 Å². The lowest BCUT2D eigenvalue weighted by Crippen LogP contribution is -2.49. The molecule has 0 bridgehead atoms. The SMILES string of the molecule is CCOC(=O)[C@H]1CNC2=C3C(=CN(c4ccc(F)cc4)C31)C=C(CS(C)(=O)=O)c1ccn(C)c(=O)c12. The fourth-order valence-electron chi connectivity index (χ4n) is 5.17. The third-order valence-corrected chi connectivity index (χ3v) is 7.50. The second kappa shape index (κ2) is 8.77. The number of aryl methyl sites for hydroxylation is 1. The van der Waals surface area contributed by atoms with Crippen molar-refractivity contribution in [3.05, 3.63) is 87.2 Å². The highest BCUT2D eigenvalue weighted by Crippen LogP contribution is 2.45. The van der Waals surface area contributed by atoms with E-state index >= 15 is 0 Å². The molecule has 0 saturated heterocycles. The summed E-state index contributed by atoms with van der Waals surface area (Å²) >= 11 is 0. The average molecular weight is 512 g/mol. The third-order valence-electron chi connectivity index (χ3n) is 6.66. The van der Waals surface area contributed by atoms with Gasteiger partial charge in [0.25, 0.3) is 5.56 Å². The van der Waals surface area contributed by atoms with Gasteiger partial charge in [0.05, 0.1) is 35.6 Å². The lowest BCUT2D eigenvalue weighted by atomic mass is 9.84. The van der Waals surface area contributed by atoms with Gasteiger partial charge in [-0.25, -0.2) is 12.8 Å². The van der Waals surface area contributed by atoms with Crippen LogP contribution in [0.15, 0.2) is 64.7 Å². The number of pyridine rings is 1. The van der Waals surface area contributed by atoms with Gasteiger partial charge in [0.15, 0.2) is 9.84 Å². The van der Waals surface area contributed by atoms with Crippen molar-refractivity contribution in [1.29, 1.82) is 0 Å². The summed E-state index contributed by atoms with van der Waals surface area (Å²) < 4.78 is 45.2. The van der Waals surface area contributed by atoms with Gasteiger partial charge in [-0.1, -0.05) is 0 Å². The van der Waals surface area contributed by atoms with Gasteiger partial charge in [-0.3, -0.25) is 9.59 Å². The van der Waals surface area contributed by atoms with Gasteiger partial charge in [-0.2, -0.15) is 0 Å². The second-order valence-corrected chi connectivity index (χ2v) is 11.3. The number of allylic oxidation sites excluding steroid dienone is 1. The standard InChI is InChI=1S/C26H26FN3O5S/c1-4-35-26(32)20-12-28-23-21-15(13-30(24(20)21)18-7-5-17(27)6-8-18)11-16(14-36(3,33)34)19-9-10-29(2)25(31)22(19)23/h5-11,13,20,24,28H,4,12,14H2,1-3H3/t20-,24?/m0/s1. The molecule has 2 atom stereocenters. The molecule has 0 amide bonds. The Balaban J connectivity index is 1.79. The maximum Gasteiger partial charge on any atom is 0.313 e. The molecule has 0 radical (unpaired) electrons. The van der Waals surface area contributed by atoms with Crippen LogP contribution in [0.3, 0.4) is 0 Å². The molecule has 3 heterocycles. The molecule has 188 valence electrons. The van der Waals surface area contributed by atoms with Gasteiger partial charge in [0, 0.05) is 43.5 Å².